The summed E-state index contributed by atoms with van der Waals surface area (Å²) in [7, 11) is 0. The molecular formula is C11H16Cl4N3Zn-. The Bertz CT molecular complexity index is 367. The summed E-state index contributed by atoms with van der Waals surface area (Å²) in [5, 5.41) is 8.67. The molecule has 8 heteroatoms. The van der Waals surface area contributed by atoms with Gasteiger partial charge in [0.05, 0.1) is 0 Å². The van der Waals surface area contributed by atoms with Crippen LogP contribution in [-0.4, -0.2) is 13.1 Å². The summed E-state index contributed by atoms with van der Waals surface area (Å²) in [6.45, 7) is 8.19. The molecule has 0 aliphatic heterocycles. The van der Waals surface area contributed by atoms with E-state index in [9.17, 15) is 0 Å². The van der Waals surface area contributed by atoms with Gasteiger partial charge >= 0.3 is 25.2 Å². The van der Waals surface area contributed by atoms with Gasteiger partial charge in [-0.15, -0.1) is 0 Å². The molecule has 0 aliphatic rings. The minimum Gasteiger partial charge on any atom is -1.00 e. The summed E-state index contributed by atoms with van der Waals surface area (Å²) in [4.78, 5) is 5.46. The number of hydrogen-bond acceptors (Lipinski definition) is 2. The Labute approximate surface area is 152 Å². The van der Waals surface area contributed by atoms with E-state index in [1.54, 1.807) is 0 Å². The van der Waals surface area contributed by atoms with Crippen molar-refractivity contribution in [1.82, 2.24) is 0 Å². The smallest absolute Gasteiger partial charge is 1.00 e. The zero-order valence-electron chi connectivity index (χ0n) is 11.2. The zero-order valence-corrected chi connectivity index (χ0v) is 17.2. The Morgan fingerprint density at radius 3 is 1.84 bits per heavy atom. The molecule has 0 bridgehead atoms. The van der Waals surface area contributed by atoms with Crippen LogP contribution in [0.4, 0.5) is 11.4 Å². The Kier molecular flexibility index (Phi) is 27.0. The Hall–Kier alpha value is 0.223. The van der Waals surface area contributed by atoms with E-state index >= 15 is 0 Å². The van der Waals surface area contributed by atoms with Gasteiger partial charge in [-0.1, -0.05) is 0 Å². The fourth-order valence-electron chi connectivity index (χ4n) is 1.54. The average molecular weight is 397 g/mol. The van der Waals surface area contributed by atoms with Crippen LogP contribution >= 0.6 is 0 Å². The number of halogens is 4. The van der Waals surface area contributed by atoms with Gasteiger partial charge in [-0.2, -0.15) is 0 Å². The number of nitrogens with zero attached hydrogens (tertiary/aromatic N) is 3. The van der Waals surface area contributed by atoms with E-state index in [1.165, 1.54) is 5.69 Å². The third-order valence-corrected chi connectivity index (χ3v) is 2.42. The van der Waals surface area contributed by atoms with Crippen LogP contribution in [0.3, 0.4) is 0 Å². The van der Waals surface area contributed by atoms with Crippen LogP contribution in [0.25, 0.3) is 4.98 Å². The second kappa shape index (κ2) is 16.3. The molecule has 0 aromatic heterocycles. The number of benzene rings is 1. The molecule has 0 aliphatic carbocycles. The third kappa shape index (κ3) is 8.89. The van der Waals surface area contributed by atoms with E-state index < -0.39 is 0 Å². The van der Waals surface area contributed by atoms with Crippen LogP contribution in [0.1, 0.15) is 19.4 Å². The summed E-state index contributed by atoms with van der Waals surface area (Å²) >= 11 is 0. The summed E-state index contributed by atoms with van der Waals surface area (Å²) in [5.74, 6) is 0. The van der Waals surface area contributed by atoms with Crippen LogP contribution in [0, 0.1) is 12.3 Å². The first kappa shape index (κ1) is 31.6. The molecule has 0 atom stereocenters. The monoisotopic (exact) mass is 394 g/mol. The van der Waals surface area contributed by atoms with Gasteiger partial charge in [0.1, 0.15) is 0 Å². The van der Waals surface area contributed by atoms with Gasteiger partial charge in [0.2, 0.25) is 5.39 Å². The van der Waals surface area contributed by atoms with E-state index in [1.807, 2.05) is 25.1 Å². The molecule has 0 radical (unpaired) electrons. The molecule has 0 saturated heterocycles. The predicted octanol–water partition coefficient (Wildman–Crippen LogP) is -8.66. The van der Waals surface area contributed by atoms with Crippen molar-refractivity contribution in [3.63, 3.8) is 0 Å². The van der Waals surface area contributed by atoms with Gasteiger partial charge in [0, 0.05) is 30.4 Å². The Balaban J connectivity index is -0.000000131. The fourth-order valence-corrected chi connectivity index (χ4v) is 1.54. The van der Waals surface area contributed by atoms with E-state index in [0.29, 0.717) is 5.69 Å². The normalized spacial score (nSPS) is 7.05. The van der Waals surface area contributed by atoms with Crippen molar-refractivity contribution in [2.75, 3.05) is 18.0 Å². The van der Waals surface area contributed by atoms with Crippen LogP contribution in [0.2, 0.25) is 0 Å². The zero-order chi connectivity index (χ0) is 10.6. The molecule has 19 heavy (non-hydrogen) atoms. The largest absolute Gasteiger partial charge is 2.00 e. The minimum absolute atomic E-state index is 0. The number of hydrogen-bond donors (Lipinski definition) is 0. The number of rotatable bonds is 3. The van der Waals surface area contributed by atoms with Crippen molar-refractivity contribution >= 4 is 11.4 Å². The van der Waals surface area contributed by atoms with Crippen LogP contribution in [0.5, 0.6) is 0 Å². The first-order valence-electron chi connectivity index (χ1n) is 4.93. The van der Waals surface area contributed by atoms with Crippen LogP contribution < -0.4 is 54.5 Å². The average Bonchev–Trinajstić information content (AvgIpc) is 2.20. The second-order valence-corrected chi connectivity index (χ2v) is 3.24. The molecule has 0 fully saturated rings. The van der Waals surface area contributed by atoms with Crippen molar-refractivity contribution in [1.29, 1.82) is 5.39 Å². The van der Waals surface area contributed by atoms with Crippen molar-refractivity contribution in [3.8, 4) is 0 Å². The number of anilines is 1. The molecule has 3 nitrogen and oxygen atoms in total. The third-order valence-electron chi connectivity index (χ3n) is 2.42. The maximum atomic E-state index is 8.67. The molecule has 0 heterocycles. The quantitative estimate of drug-likeness (QED) is 0.375. The second-order valence-electron chi connectivity index (χ2n) is 3.24. The summed E-state index contributed by atoms with van der Waals surface area (Å²) in [6.07, 6.45) is 0. The van der Waals surface area contributed by atoms with Crippen molar-refractivity contribution in [3.05, 3.63) is 28.7 Å². The molecule has 1 aromatic rings. The van der Waals surface area contributed by atoms with Gasteiger partial charge in [0.15, 0.2) is 4.98 Å². The standard InChI is InChI=1S/C11H16N3.4ClH.Zn/c1-4-14(5-2)10-6-7-11(13-12)9(3)8-10;;;;;/h6-8H,4-5H2,1-3H3;4*1H;/q+1;;;;;+2/p-4. The van der Waals surface area contributed by atoms with E-state index in [4.69, 9.17) is 5.39 Å². The maximum Gasteiger partial charge on any atom is 2.00 e. The summed E-state index contributed by atoms with van der Waals surface area (Å²) in [6, 6.07) is 5.86. The topological polar surface area (TPSA) is 31.4 Å². The molecule has 0 N–H and O–H groups in total. The summed E-state index contributed by atoms with van der Waals surface area (Å²) < 4.78 is 0. The van der Waals surface area contributed by atoms with Gasteiger partial charge in [-0.05, 0) is 32.9 Å². The van der Waals surface area contributed by atoms with Gasteiger partial charge < -0.3 is 54.5 Å². The van der Waals surface area contributed by atoms with E-state index in [0.717, 1.165) is 18.7 Å². The van der Waals surface area contributed by atoms with E-state index in [-0.39, 0.29) is 69.1 Å². The number of aryl methyl sites for hydroxylation is 1. The van der Waals surface area contributed by atoms with Crippen LogP contribution in [-0.2, 0) is 19.5 Å². The first-order valence-corrected chi connectivity index (χ1v) is 4.93. The predicted molar refractivity (Wildman–Crippen MR) is 59.5 cm³/mol. The molecule has 1 aromatic carbocycles. The van der Waals surface area contributed by atoms with E-state index in [2.05, 4.69) is 23.7 Å². The van der Waals surface area contributed by atoms with Gasteiger partial charge in [-0.3, -0.25) is 0 Å². The Morgan fingerprint density at radius 1 is 1.05 bits per heavy atom. The molecule has 1 rings (SSSR count). The first-order chi connectivity index (χ1) is 6.72. The SMILES string of the molecule is CCN(CC)c1ccc([N+]#N)c(C)c1.[Cl-].[Cl-].[Cl-].[Cl-].[Zn+2]. The fraction of sp³-hybridized carbons (Fsp3) is 0.455. The molecule has 0 saturated carbocycles. The van der Waals surface area contributed by atoms with Gasteiger partial charge in [0.25, 0.3) is 0 Å². The molecular weight excluding hydrogens is 381 g/mol. The molecule has 0 unspecified atom stereocenters. The minimum atomic E-state index is 0. The molecule has 106 valence electrons. The van der Waals surface area contributed by atoms with Crippen molar-refractivity contribution in [2.24, 2.45) is 0 Å². The Morgan fingerprint density at radius 2 is 1.53 bits per heavy atom. The van der Waals surface area contributed by atoms with Crippen molar-refractivity contribution < 1.29 is 69.1 Å². The maximum absolute atomic E-state index is 8.67. The number of diazo groups is 1. The van der Waals surface area contributed by atoms with Gasteiger partial charge in [-0.25, -0.2) is 0 Å². The summed E-state index contributed by atoms with van der Waals surface area (Å²) in [5.41, 5.74) is 2.82. The molecule has 0 amide bonds. The molecule has 0 spiro atoms. The van der Waals surface area contributed by atoms with Crippen LogP contribution in [0.15, 0.2) is 18.2 Å². The van der Waals surface area contributed by atoms with Crippen molar-refractivity contribution in [2.45, 2.75) is 20.8 Å².